The van der Waals surface area contributed by atoms with Gasteiger partial charge in [0.15, 0.2) is 0 Å². The van der Waals surface area contributed by atoms with Crippen molar-refractivity contribution in [2.75, 3.05) is 13.1 Å². The molecule has 2 aromatic heterocycles. The Morgan fingerprint density at radius 2 is 2.30 bits per heavy atom. The summed E-state index contributed by atoms with van der Waals surface area (Å²) >= 11 is 1.47. The SMILES string of the molecule is Cc1csc(C(=O)N2CCCC(Oc3nccnc3C#N)C2)c1. The Morgan fingerprint density at radius 1 is 1.48 bits per heavy atom. The number of carbonyl (C=O) groups is 1. The Hall–Kier alpha value is -2.46. The first-order valence-corrected chi connectivity index (χ1v) is 8.27. The first-order valence-electron chi connectivity index (χ1n) is 7.39. The number of ether oxygens (including phenoxy) is 1. The van der Waals surface area contributed by atoms with Crippen molar-refractivity contribution in [3.05, 3.63) is 40.0 Å². The first-order chi connectivity index (χ1) is 11.2. The molecule has 1 saturated heterocycles. The maximum Gasteiger partial charge on any atom is 0.264 e. The predicted octanol–water partition coefficient (Wildman–Crippen LogP) is 2.40. The molecule has 7 heteroatoms. The van der Waals surface area contributed by atoms with Crippen molar-refractivity contribution in [3.63, 3.8) is 0 Å². The van der Waals surface area contributed by atoms with Crippen LogP contribution in [0.15, 0.2) is 23.8 Å². The van der Waals surface area contributed by atoms with E-state index in [2.05, 4.69) is 9.97 Å². The maximum absolute atomic E-state index is 12.5. The highest BCUT2D eigenvalue weighted by Gasteiger charge is 2.27. The third-order valence-electron chi connectivity index (χ3n) is 3.66. The lowest BCUT2D eigenvalue weighted by molar-refractivity contribution is 0.0530. The smallest absolute Gasteiger partial charge is 0.264 e. The fraction of sp³-hybridized carbons (Fsp3) is 0.375. The van der Waals surface area contributed by atoms with E-state index in [1.807, 2.05) is 29.3 Å². The normalized spacial score (nSPS) is 17.6. The van der Waals surface area contributed by atoms with Gasteiger partial charge in [-0.15, -0.1) is 11.3 Å². The molecule has 118 valence electrons. The summed E-state index contributed by atoms with van der Waals surface area (Å²) in [5, 5.41) is 11.0. The zero-order valence-corrected chi connectivity index (χ0v) is 13.5. The van der Waals surface area contributed by atoms with Crippen LogP contribution in [0, 0.1) is 18.3 Å². The van der Waals surface area contributed by atoms with Crippen molar-refractivity contribution >= 4 is 17.2 Å². The molecule has 1 unspecified atom stereocenters. The maximum atomic E-state index is 12.5. The molecule has 1 fully saturated rings. The van der Waals surface area contributed by atoms with Gasteiger partial charge in [-0.05, 0) is 36.8 Å². The molecule has 0 radical (unpaired) electrons. The minimum atomic E-state index is -0.169. The number of aryl methyl sites for hydroxylation is 1. The molecule has 6 nitrogen and oxygen atoms in total. The summed E-state index contributed by atoms with van der Waals surface area (Å²) in [7, 11) is 0. The van der Waals surface area contributed by atoms with Crippen molar-refractivity contribution in [3.8, 4) is 11.9 Å². The van der Waals surface area contributed by atoms with Gasteiger partial charge in [-0.25, -0.2) is 9.97 Å². The van der Waals surface area contributed by atoms with Crippen molar-refractivity contribution in [1.82, 2.24) is 14.9 Å². The van der Waals surface area contributed by atoms with Crippen LogP contribution in [0.3, 0.4) is 0 Å². The van der Waals surface area contributed by atoms with E-state index < -0.39 is 0 Å². The molecule has 0 aromatic carbocycles. The van der Waals surface area contributed by atoms with Gasteiger partial charge in [0.1, 0.15) is 12.2 Å². The van der Waals surface area contributed by atoms with E-state index in [1.165, 1.54) is 23.7 Å². The molecule has 1 atom stereocenters. The first kappa shape index (κ1) is 15.4. The number of hydrogen-bond donors (Lipinski definition) is 0. The van der Waals surface area contributed by atoms with E-state index in [0.29, 0.717) is 6.54 Å². The molecule has 2 aromatic rings. The highest BCUT2D eigenvalue weighted by atomic mass is 32.1. The number of nitriles is 1. The van der Waals surface area contributed by atoms with E-state index in [9.17, 15) is 4.79 Å². The molecule has 0 aliphatic carbocycles. The summed E-state index contributed by atoms with van der Waals surface area (Å²) in [6.07, 6.45) is 4.48. The quantitative estimate of drug-likeness (QED) is 0.864. The summed E-state index contributed by atoms with van der Waals surface area (Å²) in [4.78, 5) is 23.1. The Balaban J connectivity index is 1.69. The van der Waals surface area contributed by atoms with Gasteiger partial charge < -0.3 is 9.64 Å². The number of nitrogens with zero attached hydrogens (tertiary/aromatic N) is 4. The van der Waals surface area contributed by atoms with Gasteiger partial charge in [-0.2, -0.15) is 5.26 Å². The molecule has 0 saturated carbocycles. The molecule has 1 aliphatic heterocycles. The molecule has 1 amide bonds. The fourth-order valence-electron chi connectivity index (χ4n) is 2.56. The predicted molar refractivity (Wildman–Crippen MR) is 85.4 cm³/mol. The molecule has 1 aliphatic rings. The Bertz CT molecular complexity index is 753. The number of thiophene rings is 1. The van der Waals surface area contributed by atoms with E-state index in [-0.39, 0.29) is 23.6 Å². The fourth-order valence-corrected chi connectivity index (χ4v) is 3.43. The van der Waals surface area contributed by atoms with Crippen molar-refractivity contribution in [2.45, 2.75) is 25.9 Å². The van der Waals surface area contributed by atoms with Gasteiger partial charge in [0, 0.05) is 18.9 Å². The van der Waals surface area contributed by atoms with Crippen LogP contribution in [0.5, 0.6) is 5.88 Å². The second-order valence-electron chi connectivity index (χ2n) is 5.44. The summed E-state index contributed by atoms with van der Waals surface area (Å²) in [6.45, 7) is 3.20. The van der Waals surface area contributed by atoms with E-state index in [0.717, 1.165) is 29.8 Å². The third kappa shape index (κ3) is 3.48. The summed E-state index contributed by atoms with van der Waals surface area (Å²) in [5.41, 5.74) is 1.27. The van der Waals surface area contributed by atoms with Gasteiger partial charge in [-0.3, -0.25) is 4.79 Å². The molecule has 0 bridgehead atoms. The molecule has 23 heavy (non-hydrogen) atoms. The van der Waals surface area contributed by atoms with E-state index >= 15 is 0 Å². The Kier molecular flexibility index (Phi) is 4.53. The zero-order chi connectivity index (χ0) is 16.2. The minimum absolute atomic E-state index is 0.0380. The van der Waals surface area contributed by atoms with Crippen LogP contribution < -0.4 is 4.74 Å². The summed E-state index contributed by atoms with van der Waals surface area (Å²) in [6, 6.07) is 3.88. The van der Waals surface area contributed by atoms with Gasteiger partial charge in [0.2, 0.25) is 5.69 Å². The topological polar surface area (TPSA) is 79.1 Å². The lowest BCUT2D eigenvalue weighted by Gasteiger charge is -2.32. The molecular formula is C16H16N4O2S. The van der Waals surface area contributed by atoms with Gasteiger partial charge in [0.05, 0.1) is 11.4 Å². The number of hydrogen-bond acceptors (Lipinski definition) is 6. The van der Waals surface area contributed by atoms with Gasteiger partial charge in [-0.1, -0.05) is 0 Å². The highest BCUT2D eigenvalue weighted by molar-refractivity contribution is 7.12. The Labute approximate surface area is 138 Å². The number of rotatable bonds is 3. The Morgan fingerprint density at radius 3 is 3.04 bits per heavy atom. The monoisotopic (exact) mass is 328 g/mol. The van der Waals surface area contributed by atoms with Crippen molar-refractivity contribution in [2.24, 2.45) is 0 Å². The van der Waals surface area contributed by atoms with Crippen molar-refractivity contribution < 1.29 is 9.53 Å². The largest absolute Gasteiger partial charge is 0.470 e. The lowest BCUT2D eigenvalue weighted by Crippen LogP contribution is -2.44. The van der Waals surface area contributed by atoms with Gasteiger partial charge >= 0.3 is 0 Å². The van der Waals surface area contributed by atoms with Crippen LogP contribution in [0.1, 0.15) is 33.8 Å². The van der Waals surface area contributed by atoms with Gasteiger partial charge in [0.25, 0.3) is 11.8 Å². The average molecular weight is 328 g/mol. The van der Waals surface area contributed by atoms with Crippen LogP contribution in [0.2, 0.25) is 0 Å². The highest BCUT2D eigenvalue weighted by Crippen LogP contribution is 2.22. The standard InChI is InChI=1S/C16H16N4O2S/c1-11-7-14(23-10-11)16(21)20-6-2-3-12(9-20)22-15-13(8-17)18-4-5-19-15/h4-5,7,10,12H,2-3,6,9H2,1H3. The number of carbonyl (C=O) groups excluding carboxylic acids is 1. The average Bonchev–Trinajstić information content (AvgIpc) is 3.01. The van der Waals surface area contributed by atoms with E-state index in [4.69, 9.17) is 10.00 Å². The summed E-state index contributed by atoms with van der Waals surface area (Å²) < 4.78 is 5.81. The molecule has 3 rings (SSSR count). The number of aromatic nitrogens is 2. The van der Waals surface area contributed by atoms with Crippen molar-refractivity contribution in [1.29, 1.82) is 5.26 Å². The second kappa shape index (κ2) is 6.75. The zero-order valence-electron chi connectivity index (χ0n) is 12.7. The molecule has 0 spiro atoms. The molecule has 3 heterocycles. The van der Waals surface area contributed by atoms with Crippen LogP contribution in [0.4, 0.5) is 0 Å². The number of likely N-dealkylation sites (tertiary alicyclic amines) is 1. The number of amides is 1. The molecular weight excluding hydrogens is 312 g/mol. The summed E-state index contributed by atoms with van der Waals surface area (Å²) in [5.74, 6) is 0.275. The third-order valence-corrected chi connectivity index (χ3v) is 4.69. The van der Waals surface area contributed by atoms with E-state index in [1.54, 1.807) is 0 Å². The molecule has 0 N–H and O–H groups in total. The van der Waals surface area contributed by atoms with Crippen LogP contribution in [0.25, 0.3) is 0 Å². The van der Waals surface area contributed by atoms with Crippen LogP contribution in [-0.4, -0.2) is 40.0 Å². The number of piperidine rings is 1. The van der Waals surface area contributed by atoms with Crippen LogP contribution >= 0.6 is 11.3 Å². The lowest BCUT2D eigenvalue weighted by atomic mass is 10.1. The second-order valence-corrected chi connectivity index (χ2v) is 6.35. The van der Waals surface area contributed by atoms with Crippen LogP contribution in [-0.2, 0) is 0 Å². The minimum Gasteiger partial charge on any atom is -0.470 e.